The number of hydrogen-bond donors (Lipinski definition) is 2. The molecule has 1 aromatic heterocycles. The van der Waals surface area contributed by atoms with E-state index in [4.69, 9.17) is 5.73 Å². The van der Waals surface area contributed by atoms with Crippen molar-refractivity contribution >= 4 is 0 Å². The number of H-pyrrole nitrogens is 1. The molecule has 3 N–H and O–H groups in total. The highest BCUT2D eigenvalue weighted by atomic mass is 19.4. The number of alkyl halides is 3. The second kappa shape index (κ2) is 3.70. The van der Waals surface area contributed by atoms with Crippen LogP contribution in [0.4, 0.5) is 13.2 Å². The first-order valence-corrected chi connectivity index (χ1v) is 3.60. The summed E-state index contributed by atoms with van der Waals surface area (Å²) in [6.45, 7) is -0.199. The van der Waals surface area contributed by atoms with Gasteiger partial charge in [-0.15, -0.1) is 13.2 Å². The highest BCUT2D eigenvalue weighted by Crippen LogP contribution is 2.21. The Labute approximate surface area is 76.5 Å². The van der Waals surface area contributed by atoms with Crippen molar-refractivity contribution in [2.75, 3.05) is 0 Å². The summed E-state index contributed by atoms with van der Waals surface area (Å²) in [6.07, 6.45) is -3.69. The number of ether oxygens (including phenoxy) is 1. The van der Waals surface area contributed by atoms with Gasteiger partial charge in [-0.3, -0.25) is 4.79 Å². The minimum absolute atomic E-state index is 0.00562. The molecule has 0 aliphatic rings. The van der Waals surface area contributed by atoms with Gasteiger partial charge in [-0.05, 0) is 6.07 Å². The van der Waals surface area contributed by atoms with Crippen molar-refractivity contribution in [3.05, 3.63) is 28.2 Å². The first-order valence-electron chi connectivity index (χ1n) is 3.60. The van der Waals surface area contributed by atoms with Gasteiger partial charge in [0, 0.05) is 18.3 Å². The highest BCUT2D eigenvalue weighted by Gasteiger charge is 2.33. The summed E-state index contributed by atoms with van der Waals surface area (Å²) in [4.78, 5) is 13.0. The summed E-state index contributed by atoms with van der Waals surface area (Å²) in [5.74, 6) is -0.803. The number of nitrogens with one attached hydrogen (secondary N) is 1. The molecule has 78 valence electrons. The van der Waals surface area contributed by atoms with E-state index in [-0.39, 0.29) is 12.1 Å². The SMILES string of the molecule is NCc1cc[nH]c(=O)c1OC(F)(F)F. The van der Waals surface area contributed by atoms with Crippen LogP contribution in [0.5, 0.6) is 5.75 Å². The molecule has 1 aromatic rings. The third-order valence-corrected chi connectivity index (χ3v) is 1.43. The van der Waals surface area contributed by atoms with E-state index in [2.05, 4.69) is 9.72 Å². The third-order valence-electron chi connectivity index (χ3n) is 1.43. The van der Waals surface area contributed by atoms with E-state index in [1.54, 1.807) is 0 Å². The van der Waals surface area contributed by atoms with Crippen LogP contribution in [-0.4, -0.2) is 11.3 Å². The average molecular weight is 208 g/mol. The molecule has 1 rings (SSSR count). The molecular weight excluding hydrogens is 201 g/mol. The van der Waals surface area contributed by atoms with Gasteiger partial charge in [-0.2, -0.15) is 0 Å². The number of hydrogen-bond acceptors (Lipinski definition) is 3. The van der Waals surface area contributed by atoms with Crippen LogP contribution in [0, 0.1) is 0 Å². The number of aromatic nitrogens is 1. The van der Waals surface area contributed by atoms with E-state index in [1.807, 2.05) is 0 Å². The lowest BCUT2D eigenvalue weighted by Crippen LogP contribution is -2.24. The van der Waals surface area contributed by atoms with Crippen molar-refractivity contribution in [3.63, 3.8) is 0 Å². The lowest BCUT2D eigenvalue weighted by molar-refractivity contribution is -0.275. The Morgan fingerprint density at radius 1 is 1.50 bits per heavy atom. The quantitative estimate of drug-likeness (QED) is 0.752. The van der Waals surface area contributed by atoms with Gasteiger partial charge >= 0.3 is 6.36 Å². The van der Waals surface area contributed by atoms with E-state index in [1.165, 1.54) is 12.3 Å². The highest BCUT2D eigenvalue weighted by molar-refractivity contribution is 5.29. The molecule has 7 heteroatoms. The van der Waals surface area contributed by atoms with Gasteiger partial charge in [-0.1, -0.05) is 0 Å². The predicted molar refractivity (Wildman–Crippen MR) is 41.6 cm³/mol. The van der Waals surface area contributed by atoms with Crippen LogP contribution < -0.4 is 16.0 Å². The molecule has 0 aromatic carbocycles. The molecule has 0 saturated heterocycles. The van der Waals surface area contributed by atoms with Crippen LogP contribution in [0.15, 0.2) is 17.1 Å². The Morgan fingerprint density at radius 3 is 2.64 bits per heavy atom. The Morgan fingerprint density at radius 2 is 2.14 bits per heavy atom. The van der Waals surface area contributed by atoms with Gasteiger partial charge in [0.05, 0.1) is 0 Å². The summed E-state index contributed by atoms with van der Waals surface area (Å²) in [7, 11) is 0. The molecule has 0 unspecified atom stereocenters. The molecule has 0 aliphatic carbocycles. The van der Waals surface area contributed by atoms with Crippen LogP contribution >= 0.6 is 0 Å². The number of halogens is 3. The molecule has 0 bridgehead atoms. The van der Waals surface area contributed by atoms with Crippen molar-refractivity contribution in [2.24, 2.45) is 5.73 Å². The summed E-state index contributed by atoms with van der Waals surface area (Å²) in [6, 6.07) is 1.25. The smallest absolute Gasteiger partial charge is 0.400 e. The summed E-state index contributed by atoms with van der Waals surface area (Å²) < 4.78 is 39.0. The first kappa shape index (κ1) is 10.6. The lowest BCUT2D eigenvalue weighted by Gasteiger charge is -2.10. The number of pyridine rings is 1. The molecule has 0 fully saturated rings. The monoisotopic (exact) mass is 208 g/mol. The van der Waals surface area contributed by atoms with Crippen molar-refractivity contribution in [2.45, 2.75) is 12.9 Å². The minimum Gasteiger partial charge on any atom is -0.400 e. The molecule has 0 aliphatic heterocycles. The zero-order valence-corrected chi connectivity index (χ0v) is 6.89. The lowest BCUT2D eigenvalue weighted by atomic mass is 10.2. The topological polar surface area (TPSA) is 68.1 Å². The molecule has 0 radical (unpaired) electrons. The second-order valence-electron chi connectivity index (χ2n) is 2.41. The van der Waals surface area contributed by atoms with Crippen LogP contribution in [0.3, 0.4) is 0 Å². The van der Waals surface area contributed by atoms with Crippen molar-refractivity contribution in [3.8, 4) is 5.75 Å². The fourth-order valence-corrected chi connectivity index (χ4v) is 0.893. The molecule has 0 atom stereocenters. The van der Waals surface area contributed by atoms with Gasteiger partial charge in [-0.25, -0.2) is 0 Å². The van der Waals surface area contributed by atoms with E-state index < -0.39 is 17.7 Å². The van der Waals surface area contributed by atoms with Crippen LogP contribution in [0.25, 0.3) is 0 Å². The molecule has 0 amide bonds. The average Bonchev–Trinajstić information content (AvgIpc) is 2.06. The first-order chi connectivity index (χ1) is 6.44. The van der Waals surface area contributed by atoms with Crippen molar-refractivity contribution in [1.82, 2.24) is 4.98 Å². The molecular formula is C7H7F3N2O2. The maximum atomic E-state index is 11.8. The molecule has 0 spiro atoms. The molecule has 0 saturated carbocycles. The van der Waals surface area contributed by atoms with Gasteiger partial charge in [0.25, 0.3) is 5.56 Å². The van der Waals surface area contributed by atoms with Gasteiger partial charge in [0.2, 0.25) is 0 Å². The van der Waals surface area contributed by atoms with Crippen LogP contribution in [0.2, 0.25) is 0 Å². The van der Waals surface area contributed by atoms with Crippen molar-refractivity contribution < 1.29 is 17.9 Å². The number of nitrogens with two attached hydrogens (primary N) is 1. The van der Waals surface area contributed by atoms with Gasteiger partial charge in [0.15, 0.2) is 5.75 Å². The summed E-state index contributed by atoms with van der Waals surface area (Å²) in [5.41, 5.74) is 4.19. The molecule has 1 heterocycles. The van der Waals surface area contributed by atoms with E-state index in [9.17, 15) is 18.0 Å². The molecule has 14 heavy (non-hydrogen) atoms. The zero-order valence-electron chi connectivity index (χ0n) is 6.89. The Balaban J connectivity index is 3.12. The predicted octanol–water partition coefficient (Wildman–Crippen LogP) is 0.732. The summed E-state index contributed by atoms with van der Waals surface area (Å²) in [5, 5.41) is 0. The fraction of sp³-hybridized carbons (Fsp3) is 0.286. The van der Waals surface area contributed by atoms with Crippen molar-refractivity contribution in [1.29, 1.82) is 0 Å². The van der Waals surface area contributed by atoms with E-state index in [0.29, 0.717) is 0 Å². The number of aromatic amines is 1. The van der Waals surface area contributed by atoms with Crippen LogP contribution in [-0.2, 0) is 6.54 Å². The third kappa shape index (κ3) is 2.49. The van der Waals surface area contributed by atoms with Gasteiger partial charge < -0.3 is 15.5 Å². The largest absolute Gasteiger partial charge is 0.573 e. The fourth-order valence-electron chi connectivity index (χ4n) is 0.893. The normalized spacial score (nSPS) is 11.4. The number of rotatable bonds is 2. The summed E-state index contributed by atoms with van der Waals surface area (Å²) >= 11 is 0. The molecule has 4 nitrogen and oxygen atoms in total. The maximum Gasteiger partial charge on any atom is 0.573 e. The maximum absolute atomic E-state index is 11.8. The van der Waals surface area contributed by atoms with E-state index >= 15 is 0 Å². The standard InChI is InChI=1S/C7H7F3N2O2/c8-7(9,10)14-5-4(3-11)1-2-12-6(5)13/h1-2H,3,11H2,(H,12,13). The second-order valence-corrected chi connectivity index (χ2v) is 2.41. The van der Waals surface area contributed by atoms with Gasteiger partial charge in [0.1, 0.15) is 0 Å². The van der Waals surface area contributed by atoms with Crippen LogP contribution in [0.1, 0.15) is 5.56 Å². The Hall–Kier alpha value is -1.50. The Kier molecular flexibility index (Phi) is 2.80. The minimum atomic E-state index is -4.89. The zero-order chi connectivity index (χ0) is 10.8. The Bertz CT molecular complexity index is 372. The van der Waals surface area contributed by atoms with E-state index in [0.717, 1.165) is 0 Å².